The molecule has 2 heterocycles. The van der Waals surface area contributed by atoms with Crippen LogP contribution in [0.1, 0.15) is 43.7 Å². The molecule has 0 bridgehead atoms. The summed E-state index contributed by atoms with van der Waals surface area (Å²) in [6, 6.07) is 6.16. The molecule has 0 aromatic heterocycles. The fraction of sp³-hybridized carbons (Fsp3) is 0.600. The van der Waals surface area contributed by atoms with E-state index in [0.717, 1.165) is 49.3 Å². The highest BCUT2D eigenvalue weighted by atomic mass is 16.5. The first kappa shape index (κ1) is 17.2. The van der Waals surface area contributed by atoms with Crippen molar-refractivity contribution in [1.29, 1.82) is 0 Å². The van der Waals surface area contributed by atoms with Crippen LogP contribution in [0.3, 0.4) is 0 Å². The molecule has 1 saturated carbocycles. The molecule has 3 aliphatic rings. The van der Waals surface area contributed by atoms with Gasteiger partial charge in [0.1, 0.15) is 11.5 Å². The molecule has 3 fully saturated rings. The number of hydrogen-bond acceptors (Lipinski definition) is 4. The molecule has 6 heteroatoms. The van der Waals surface area contributed by atoms with Crippen LogP contribution < -0.4 is 9.47 Å². The standard InChI is InChI=1S/C20H26N2O4/c1-25-15-7-8-16(18(11-15)26-2)17-4-3-9-21(17)20(24)13-10-19(23)22(12-13)14-5-6-14/h7-8,11,13-14,17H,3-6,9-10,12H2,1-2H3/t13-,17+/m0/s1. The van der Waals surface area contributed by atoms with Crippen LogP contribution in [-0.4, -0.2) is 55.0 Å². The molecule has 2 aliphatic heterocycles. The van der Waals surface area contributed by atoms with Crippen LogP contribution in [0, 0.1) is 5.92 Å². The second-order valence-electron chi connectivity index (χ2n) is 7.48. The number of methoxy groups -OCH3 is 2. The topological polar surface area (TPSA) is 59.1 Å². The lowest BCUT2D eigenvalue weighted by Crippen LogP contribution is -2.37. The van der Waals surface area contributed by atoms with Crippen molar-refractivity contribution in [1.82, 2.24) is 9.80 Å². The van der Waals surface area contributed by atoms with Gasteiger partial charge in [0.2, 0.25) is 11.8 Å². The zero-order chi connectivity index (χ0) is 18.3. The van der Waals surface area contributed by atoms with Gasteiger partial charge in [0, 0.05) is 37.2 Å². The van der Waals surface area contributed by atoms with Crippen LogP contribution >= 0.6 is 0 Å². The third-order valence-corrected chi connectivity index (χ3v) is 5.83. The van der Waals surface area contributed by atoms with Gasteiger partial charge in [0.05, 0.1) is 26.2 Å². The number of carbonyl (C=O) groups excluding carboxylic acids is 2. The normalized spacial score (nSPS) is 25.7. The van der Waals surface area contributed by atoms with Crippen molar-refractivity contribution in [3.05, 3.63) is 23.8 Å². The molecule has 0 radical (unpaired) electrons. The van der Waals surface area contributed by atoms with Crippen LogP contribution in [0.15, 0.2) is 18.2 Å². The number of likely N-dealkylation sites (tertiary alicyclic amines) is 2. The third-order valence-electron chi connectivity index (χ3n) is 5.83. The zero-order valence-corrected chi connectivity index (χ0v) is 15.4. The molecule has 1 aliphatic carbocycles. The molecule has 0 N–H and O–H groups in total. The second kappa shape index (κ2) is 6.82. The number of benzene rings is 1. The van der Waals surface area contributed by atoms with Crippen molar-refractivity contribution >= 4 is 11.8 Å². The predicted molar refractivity (Wildman–Crippen MR) is 96.1 cm³/mol. The fourth-order valence-corrected chi connectivity index (χ4v) is 4.32. The second-order valence-corrected chi connectivity index (χ2v) is 7.48. The van der Waals surface area contributed by atoms with Gasteiger partial charge in [0.25, 0.3) is 0 Å². The Bertz CT molecular complexity index is 716. The third kappa shape index (κ3) is 3.02. The number of rotatable bonds is 5. The monoisotopic (exact) mass is 358 g/mol. The quantitative estimate of drug-likeness (QED) is 0.811. The first-order chi connectivity index (χ1) is 12.6. The summed E-state index contributed by atoms with van der Waals surface area (Å²) < 4.78 is 10.8. The van der Waals surface area contributed by atoms with E-state index in [1.807, 2.05) is 28.0 Å². The predicted octanol–water partition coefficient (Wildman–Crippen LogP) is 2.38. The zero-order valence-electron chi connectivity index (χ0n) is 15.4. The van der Waals surface area contributed by atoms with Crippen molar-refractivity contribution < 1.29 is 19.1 Å². The summed E-state index contributed by atoms with van der Waals surface area (Å²) >= 11 is 0. The van der Waals surface area contributed by atoms with Crippen molar-refractivity contribution in [3.8, 4) is 11.5 Å². The summed E-state index contributed by atoms with van der Waals surface area (Å²) in [7, 11) is 3.27. The Morgan fingerprint density at radius 2 is 1.96 bits per heavy atom. The largest absolute Gasteiger partial charge is 0.497 e. The molecular weight excluding hydrogens is 332 g/mol. The summed E-state index contributed by atoms with van der Waals surface area (Å²) in [4.78, 5) is 29.3. The minimum Gasteiger partial charge on any atom is -0.497 e. The molecule has 2 amide bonds. The molecular formula is C20H26N2O4. The minimum atomic E-state index is -0.201. The molecule has 140 valence electrons. The average molecular weight is 358 g/mol. The van der Waals surface area contributed by atoms with Gasteiger partial charge >= 0.3 is 0 Å². The average Bonchev–Trinajstić information content (AvgIpc) is 3.25. The smallest absolute Gasteiger partial charge is 0.228 e. The molecule has 2 atom stereocenters. The first-order valence-corrected chi connectivity index (χ1v) is 9.44. The molecule has 0 unspecified atom stereocenters. The highest BCUT2D eigenvalue weighted by Crippen LogP contribution is 2.41. The maximum atomic E-state index is 13.2. The Morgan fingerprint density at radius 1 is 1.15 bits per heavy atom. The van der Waals surface area contributed by atoms with E-state index < -0.39 is 0 Å². The van der Waals surface area contributed by atoms with Crippen LogP contribution in [0.4, 0.5) is 0 Å². The Balaban J connectivity index is 1.53. The fourth-order valence-electron chi connectivity index (χ4n) is 4.32. The number of nitrogens with zero attached hydrogens (tertiary/aromatic N) is 2. The van der Waals surface area contributed by atoms with Crippen LogP contribution in [0.2, 0.25) is 0 Å². The SMILES string of the molecule is COc1ccc([C@H]2CCCN2C(=O)[C@H]2CC(=O)N(C3CC3)C2)c(OC)c1. The summed E-state index contributed by atoms with van der Waals surface area (Å²) in [6.45, 7) is 1.33. The molecule has 26 heavy (non-hydrogen) atoms. The first-order valence-electron chi connectivity index (χ1n) is 9.44. The van der Waals surface area contributed by atoms with E-state index in [1.165, 1.54) is 0 Å². The maximum absolute atomic E-state index is 13.2. The molecule has 1 aromatic carbocycles. The van der Waals surface area contributed by atoms with Crippen LogP contribution in [0.25, 0.3) is 0 Å². The van der Waals surface area contributed by atoms with Crippen molar-refractivity contribution in [2.24, 2.45) is 5.92 Å². The highest BCUT2D eigenvalue weighted by Gasteiger charge is 2.44. The Morgan fingerprint density at radius 3 is 2.65 bits per heavy atom. The van der Waals surface area contributed by atoms with Gasteiger partial charge in [-0.1, -0.05) is 0 Å². The lowest BCUT2D eigenvalue weighted by Gasteiger charge is -2.28. The number of carbonyl (C=O) groups is 2. The summed E-state index contributed by atoms with van der Waals surface area (Å²) in [6.07, 6.45) is 4.42. The summed E-state index contributed by atoms with van der Waals surface area (Å²) in [5.41, 5.74) is 1.02. The van der Waals surface area contributed by atoms with Gasteiger partial charge < -0.3 is 19.3 Å². The van der Waals surface area contributed by atoms with E-state index in [4.69, 9.17) is 9.47 Å². The highest BCUT2D eigenvalue weighted by molar-refractivity contribution is 5.90. The molecule has 1 aromatic rings. The van der Waals surface area contributed by atoms with Gasteiger partial charge in [-0.05, 0) is 37.8 Å². The number of ether oxygens (including phenoxy) is 2. The van der Waals surface area contributed by atoms with E-state index in [0.29, 0.717) is 19.0 Å². The van der Waals surface area contributed by atoms with Crippen LogP contribution in [-0.2, 0) is 9.59 Å². The van der Waals surface area contributed by atoms with E-state index >= 15 is 0 Å². The van der Waals surface area contributed by atoms with E-state index in [1.54, 1.807) is 14.2 Å². The van der Waals surface area contributed by atoms with Crippen molar-refractivity contribution in [2.45, 2.75) is 44.2 Å². The number of hydrogen-bond donors (Lipinski definition) is 0. The van der Waals surface area contributed by atoms with Gasteiger partial charge in [-0.3, -0.25) is 9.59 Å². The summed E-state index contributed by atoms with van der Waals surface area (Å²) in [5, 5.41) is 0. The molecule has 4 rings (SSSR count). The molecule has 6 nitrogen and oxygen atoms in total. The maximum Gasteiger partial charge on any atom is 0.228 e. The Kier molecular flexibility index (Phi) is 4.51. The van der Waals surface area contributed by atoms with Crippen LogP contribution in [0.5, 0.6) is 11.5 Å². The van der Waals surface area contributed by atoms with E-state index in [2.05, 4.69) is 0 Å². The minimum absolute atomic E-state index is 0.00781. The van der Waals surface area contributed by atoms with E-state index in [9.17, 15) is 9.59 Å². The van der Waals surface area contributed by atoms with E-state index in [-0.39, 0.29) is 23.8 Å². The van der Waals surface area contributed by atoms with Gasteiger partial charge in [0.15, 0.2) is 0 Å². The Hall–Kier alpha value is -2.24. The van der Waals surface area contributed by atoms with Gasteiger partial charge in [-0.25, -0.2) is 0 Å². The van der Waals surface area contributed by atoms with Gasteiger partial charge in [-0.15, -0.1) is 0 Å². The Labute approximate surface area is 154 Å². The van der Waals surface area contributed by atoms with Crippen molar-refractivity contribution in [3.63, 3.8) is 0 Å². The lowest BCUT2D eigenvalue weighted by molar-refractivity contribution is -0.136. The van der Waals surface area contributed by atoms with Gasteiger partial charge in [-0.2, -0.15) is 0 Å². The molecule has 2 saturated heterocycles. The van der Waals surface area contributed by atoms with Crippen molar-refractivity contribution in [2.75, 3.05) is 27.3 Å². The lowest BCUT2D eigenvalue weighted by atomic mass is 10.0. The molecule has 0 spiro atoms. The summed E-state index contributed by atoms with van der Waals surface area (Å²) in [5.74, 6) is 1.54. The number of amides is 2.